The van der Waals surface area contributed by atoms with Gasteiger partial charge in [0, 0.05) is 0 Å². The van der Waals surface area contributed by atoms with Crippen LogP contribution in [0.3, 0.4) is 0 Å². The second kappa shape index (κ2) is 4.89. The SMILES string of the molecule is [CH-]=C1C=CC=C1.[CH3-].[Fe+2]. The molecule has 0 fully saturated rings. The molecule has 0 amide bonds. The fourth-order valence-electron chi connectivity index (χ4n) is 0.389. The minimum atomic E-state index is 0. The van der Waals surface area contributed by atoms with Crippen LogP contribution in [0.2, 0.25) is 0 Å². The van der Waals surface area contributed by atoms with Gasteiger partial charge in [-0.1, -0.05) is 0 Å². The van der Waals surface area contributed by atoms with Crippen LogP contribution in [0.25, 0.3) is 0 Å². The fourth-order valence-corrected chi connectivity index (χ4v) is 0.389. The van der Waals surface area contributed by atoms with E-state index < -0.39 is 0 Å². The molecule has 0 nitrogen and oxygen atoms in total. The molecule has 0 aromatic rings. The van der Waals surface area contributed by atoms with Crippen LogP contribution in [-0.4, -0.2) is 0 Å². The second-order valence-corrected chi connectivity index (χ2v) is 1.22. The molecule has 0 aromatic carbocycles. The van der Waals surface area contributed by atoms with E-state index in [1.165, 1.54) is 0 Å². The van der Waals surface area contributed by atoms with E-state index in [2.05, 4.69) is 0 Å². The monoisotopic (exact) mass is 148 g/mol. The van der Waals surface area contributed by atoms with Gasteiger partial charge >= 0.3 is 17.1 Å². The van der Waals surface area contributed by atoms with E-state index in [9.17, 15) is 0 Å². The van der Waals surface area contributed by atoms with Crippen molar-refractivity contribution in [3.05, 3.63) is 43.9 Å². The third-order valence-corrected chi connectivity index (χ3v) is 0.688. The van der Waals surface area contributed by atoms with E-state index >= 15 is 0 Å². The van der Waals surface area contributed by atoms with Crippen LogP contribution >= 0.6 is 0 Å². The fraction of sp³-hybridized carbons (Fsp3) is 0. The number of hydrogen-bond donors (Lipinski definition) is 0. The topological polar surface area (TPSA) is 0 Å². The smallest absolute Gasteiger partial charge is 0.358 e. The van der Waals surface area contributed by atoms with Gasteiger partial charge < -0.3 is 7.43 Å². The summed E-state index contributed by atoms with van der Waals surface area (Å²) in [7, 11) is 0. The Morgan fingerprint density at radius 3 is 1.62 bits per heavy atom. The quantitative estimate of drug-likeness (QED) is 0.363. The first-order valence-electron chi connectivity index (χ1n) is 1.87. The minimum Gasteiger partial charge on any atom is -0.358 e. The van der Waals surface area contributed by atoms with Crippen molar-refractivity contribution in [3.8, 4) is 0 Å². The van der Waals surface area contributed by atoms with Gasteiger partial charge in [0.1, 0.15) is 0 Å². The van der Waals surface area contributed by atoms with E-state index in [0.29, 0.717) is 0 Å². The third kappa shape index (κ3) is 2.84. The maximum absolute atomic E-state index is 5.28. The molecule has 0 aromatic heterocycles. The van der Waals surface area contributed by atoms with Crippen LogP contribution < -0.4 is 0 Å². The van der Waals surface area contributed by atoms with Crippen molar-refractivity contribution in [1.82, 2.24) is 0 Å². The molecular weight excluding hydrogens is 140 g/mol. The van der Waals surface area contributed by atoms with Gasteiger partial charge in [0.2, 0.25) is 0 Å². The summed E-state index contributed by atoms with van der Waals surface area (Å²) in [6.07, 6.45) is 7.55. The molecule has 0 atom stereocenters. The normalized spacial score (nSPS) is 12.8. The minimum absolute atomic E-state index is 0. The number of allylic oxidation sites excluding steroid dienone is 5. The molecule has 1 aliphatic carbocycles. The third-order valence-electron chi connectivity index (χ3n) is 0.688. The first-order chi connectivity index (χ1) is 2.89. The predicted octanol–water partition coefficient (Wildman–Crippen LogP) is 1.92. The van der Waals surface area contributed by atoms with Crippen LogP contribution in [0.1, 0.15) is 0 Å². The van der Waals surface area contributed by atoms with Gasteiger partial charge in [-0.15, -0.1) is 12.2 Å². The van der Waals surface area contributed by atoms with Crippen LogP contribution in [0.5, 0.6) is 0 Å². The Labute approximate surface area is 61.5 Å². The maximum atomic E-state index is 5.28. The molecule has 0 saturated heterocycles. The molecular formula is C7H8Fe. The summed E-state index contributed by atoms with van der Waals surface area (Å²) < 4.78 is 0. The molecule has 0 spiro atoms. The van der Waals surface area contributed by atoms with Crippen molar-refractivity contribution in [2.75, 3.05) is 0 Å². The molecule has 1 heteroatoms. The number of rotatable bonds is 0. The van der Waals surface area contributed by atoms with E-state index in [1.54, 1.807) is 0 Å². The summed E-state index contributed by atoms with van der Waals surface area (Å²) in [5.41, 5.74) is 0.843. The Morgan fingerprint density at radius 2 is 1.50 bits per heavy atom. The summed E-state index contributed by atoms with van der Waals surface area (Å²) in [6.45, 7) is 5.28. The van der Waals surface area contributed by atoms with Crippen LogP contribution in [0.15, 0.2) is 29.9 Å². The summed E-state index contributed by atoms with van der Waals surface area (Å²) in [5, 5.41) is 0. The van der Waals surface area contributed by atoms with Gasteiger partial charge in [-0.2, -0.15) is 12.2 Å². The zero-order valence-corrected chi connectivity index (χ0v) is 5.84. The van der Waals surface area contributed by atoms with E-state index in [1.807, 2.05) is 24.3 Å². The Hall–Kier alpha value is -0.261. The van der Waals surface area contributed by atoms with Crippen molar-refractivity contribution >= 4 is 0 Å². The molecule has 8 heavy (non-hydrogen) atoms. The van der Waals surface area contributed by atoms with Gasteiger partial charge in [0.15, 0.2) is 0 Å². The van der Waals surface area contributed by atoms with Crippen molar-refractivity contribution < 1.29 is 17.1 Å². The molecule has 0 saturated carbocycles. The van der Waals surface area contributed by atoms with Gasteiger partial charge in [-0.05, 0) is 0 Å². The first-order valence-corrected chi connectivity index (χ1v) is 1.87. The predicted molar refractivity (Wildman–Crippen MR) is 32.5 cm³/mol. The van der Waals surface area contributed by atoms with Crippen LogP contribution in [0, 0.1) is 14.0 Å². The Bertz CT molecular complexity index is 106. The summed E-state index contributed by atoms with van der Waals surface area (Å²) in [6, 6.07) is 0. The summed E-state index contributed by atoms with van der Waals surface area (Å²) in [5.74, 6) is 0. The van der Waals surface area contributed by atoms with E-state index in [0.717, 1.165) is 5.57 Å². The Balaban J connectivity index is 0. The van der Waals surface area contributed by atoms with Crippen LogP contribution in [0.4, 0.5) is 0 Å². The zero-order valence-electron chi connectivity index (χ0n) is 4.74. The number of hydrogen-bond acceptors (Lipinski definition) is 0. The first kappa shape index (κ1) is 10.7. The average molecular weight is 148 g/mol. The van der Waals surface area contributed by atoms with Crippen LogP contribution in [-0.2, 0) is 17.1 Å². The molecule has 1 rings (SSSR count). The molecule has 0 aliphatic heterocycles. The Morgan fingerprint density at radius 1 is 1.12 bits per heavy atom. The van der Waals surface area contributed by atoms with Crippen molar-refractivity contribution in [1.29, 1.82) is 0 Å². The molecule has 0 N–H and O–H groups in total. The average Bonchev–Trinajstić information content (AvgIpc) is 1.86. The largest absolute Gasteiger partial charge is 2.00 e. The molecule has 44 valence electrons. The molecule has 0 unspecified atom stereocenters. The standard InChI is InChI=1S/C6H5.CH3.Fe/c1-6-4-2-3-5-6;;/h1-5H;1H3;/q2*-1;+2. The van der Waals surface area contributed by atoms with E-state index in [-0.39, 0.29) is 24.5 Å². The summed E-state index contributed by atoms with van der Waals surface area (Å²) >= 11 is 0. The van der Waals surface area contributed by atoms with Gasteiger partial charge in [-0.25, -0.2) is 12.2 Å². The van der Waals surface area contributed by atoms with Gasteiger partial charge in [-0.3, -0.25) is 0 Å². The molecule has 0 heterocycles. The van der Waals surface area contributed by atoms with Crippen molar-refractivity contribution in [2.45, 2.75) is 0 Å². The van der Waals surface area contributed by atoms with Crippen molar-refractivity contribution in [3.63, 3.8) is 0 Å². The van der Waals surface area contributed by atoms with Gasteiger partial charge in [0.25, 0.3) is 0 Å². The molecule has 0 radical (unpaired) electrons. The van der Waals surface area contributed by atoms with Gasteiger partial charge in [0.05, 0.1) is 0 Å². The zero-order chi connectivity index (χ0) is 4.41. The maximum Gasteiger partial charge on any atom is 2.00 e. The second-order valence-electron chi connectivity index (χ2n) is 1.22. The molecule has 1 aliphatic rings. The molecule has 0 bridgehead atoms. The Kier molecular flexibility index (Phi) is 6.52. The van der Waals surface area contributed by atoms with Crippen molar-refractivity contribution in [2.24, 2.45) is 0 Å². The summed E-state index contributed by atoms with van der Waals surface area (Å²) in [4.78, 5) is 0. The van der Waals surface area contributed by atoms with E-state index in [4.69, 9.17) is 6.58 Å².